The van der Waals surface area contributed by atoms with Crippen LogP contribution in [-0.2, 0) is 9.74 Å². The molecule has 0 heterocycles. The number of rotatable bonds is 6. The molecule has 0 aromatic heterocycles. The van der Waals surface area contributed by atoms with Crippen LogP contribution >= 0.6 is 0 Å². The van der Waals surface area contributed by atoms with Crippen LogP contribution in [0.15, 0.2) is 0 Å². The number of carbonyl (C=O) groups is 1. The molecule has 4 N–H and O–H groups in total. The van der Waals surface area contributed by atoms with Gasteiger partial charge in [-0.05, 0) is 4.53 Å². The lowest BCUT2D eigenvalue weighted by atomic mass is 10.0. The van der Waals surface area contributed by atoms with Crippen LogP contribution in [0.1, 0.15) is 0 Å². The molecule has 0 unspecified atom stereocenters. The standard InChI is InChI=1S/C6H11FO6/c7-13-6(4(11)2-9)5(12)3(10)1-8/h1,3-6,9-12H,2H2/t3-,4+,5+,6-/m0/s1. The van der Waals surface area contributed by atoms with E-state index in [1.807, 2.05) is 0 Å². The molecule has 0 aliphatic carbocycles. The number of hydrogen-bond acceptors (Lipinski definition) is 6. The van der Waals surface area contributed by atoms with Gasteiger partial charge in [0.1, 0.15) is 18.3 Å². The number of aliphatic hydroxyl groups excluding tert-OH is 4. The van der Waals surface area contributed by atoms with Gasteiger partial charge in [-0.1, -0.05) is 0 Å². The van der Waals surface area contributed by atoms with E-state index in [0.717, 1.165) is 0 Å². The largest absolute Gasteiger partial charge is 0.394 e. The average molecular weight is 198 g/mol. The molecule has 0 bridgehead atoms. The van der Waals surface area contributed by atoms with Gasteiger partial charge < -0.3 is 25.2 Å². The van der Waals surface area contributed by atoms with Crippen molar-refractivity contribution in [1.29, 1.82) is 0 Å². The quantitative estimate of drug-likeness (QED) is 0.352. The van der Waals surface area contributed by atoms with E-state index < -0.39 is 31.0 Å². The van der Waals surface area contributed by atoms with Crippen LogP contribution in [0.4, 0.5) is 4.53 Å². The minimum atomic E-state index is -1.93. The highest BCUT2D eigenvalue weighted by Crippen LogP contribution is 2.08. The van der Waals surface area contributed by atoms with Crippen molar-refractivity contribution in [3.63, 3.8) is 0 Å². The van der Waals surface area contributed by atoms with E-state index in [2.05, 4.69) is 4.94 Å². The second-order valence-electron chi connectivity index (χ2n) is 2.42. The van der Waals surface area contributed by atoms with Gasteiger partial charge in [-0.15, -0.1) is 0 Å². The molecule has 78 valence electrons. The zero-order chi connectivity index (χ0) is 10.4. The highest BCUT2D eigenvalue weighted by Gasteiger charge is 2.33. The Hall–Kier alpha value is -0.600. The normalized spacial score (nSPS) is 20.4. The van der Waals surface area contributed by atoms with Crippen LogP contribution in [-0.4, -0.2) is 57.7 Å². The molecular formula is C6H11FO6. The van der Waals surface area contributed by atoms with Gasteiger partial charge in [-0.25, -0.2) is 0 Å². The molecule has 0 amide bonds. The molecule has 0 radical (unpaired) electrons. The Labute approximate surface area is 73.1 Å². The second kappa shape index (κ2) is 5.95. The summed E-state index contributed by atoms with van der Waals surface area (Å²) in [5, 5.41) is 34.9. The first kappa shape index (κ1) is 12.4. The second-order valence-corrected chi connectivity index (χ2v) is 2.42. The Morgan fingerprint density at radius 3 is 2.23 bits per heavy atom. The van der Waals surface area contributed by atoms with E-state index in [1.54, 1.807) is 0 Å². The maximum Gasteiger partial charge on any atom is 0.155 e. The van der Waals surface area contributed by atoms with Gasteiger partial charge in [0.2, 0.25) is 0 Å². The molecule has 0 aromatic carbocycles. The van der Waals surface area contributed by atoms with Crippen molar-refractivity contribution in [1.82, 2.24) is 0 Å². The molecule has 0 fully saturated rings. The zero-order valence-electron chi connectivity index (χ0n) is 6.58. The van der Waals surface area contributed by atoms with Crippen molar-refractivity contribution >= 4 is 6.29 Å². The molecule has 0 aromatic rings. The molecule has 4 atom stereocenters. The number of halogens is 1. The van der Waals surface area contributed by atoms with Crippen molar-refractivity contribution in [2.45, 2.75) is 24.4 Å². The fourth-order valence-corrected chi connectivity index (χ4v) is 0.718. The summed E-state index contributed by atoms with van der Waals surface area (Å²) in [7, 11) is 0. The highest BCUT2D eigenvalue weighted by molar-refractivity contribution is 5.56. The highest BCUT2D eigenvalue weighted by atomic mass is 19.3. The predicted octanol–water partition coefficient (Wildman–Crippen LogP) is -2.47. The summed E-state index contributed by atoms with van der Waals surface area (Å²) >= 11 is 0. The van der Waals surface area contributed by atoms with Crippen LogP contribution in [0.25, 0.3) is 0 Å². The van der Waals surface area contributed by atoms with Gasteiger partial charge in [0.05, 0.1) is 6.61 Å². The van der Waals surface area contributed by atoms with Crippen molar-refractivity contribution < 1.29 is 34.7 Å². The third-order valence-electron chi connectivity index (χ3n) is 1.50. The fraction of sp³-hybridized carbons (Fsp3) is 0.833. The van der Waals surface area contributed by atoms with E-state index in [9.17, 15) is 9.32 Å². The van der Waals surface area contributed by atoms with Gasteiger partial charge in [-0.3, -0.25) is 0 Å². The molecule has 0 aliphatic rings. The minimum Gasteiger partial charge on any atom is -0.394 e. The number of hydrogen-bond donors (Lipinski definition) is 4. The first-order chi connectivity index (χ1) is 6.08. The third-order valence-corrected chi connectivity index (χ3v) is 1.50. The lowest BCUT2D eigenvalue weighted by Crippen LogP contribution is -2.46. The summed E-state index contributed by atoms with van der Waals surface area (Å²) in [6.45, 7) is -0.864. The third kappa shape index (κ3) is 3.33. The van der Waals surface area contributed by atoms with Crippen LogP contribution in [0.5, 0.6) is 0 Å². The average Bonchev–Trinajstić information content (AvgIpc) is 2.17. The summed E-state index contributed by atoms with van der Waals surface area (Å²) < 4.78 is 11.7. The molecule has 7 heteroatoms. The Bertz CT molecular complexity index is 154. The summed E-state index contributed by atoms with van der Waals surface area (Å²) in [6, 6.07) is 0. The minimum absolute atomic E-state index is 0.0409. The first-order valence-corrected chi connectivity index (χ1v) is 3.46. The van der Waals surface area contributed by atoms with E-state index in [1.165, 1.54) is 0 Å². The van der Waals surface area contributed by atoms with Gasteiger partial charge in [0, 0.05) is 0 Å². The van der Waals surface area contributed by atoms with E-state index in [4.69, 9.17) is 20.4 Å². The maximum atomic E-state index is 11.7. The molecule has 0 spiro atoms. The molecular weight excluding hydrogens is 187 g/mol. The summed E-state index contributed by atoms with van der Waals surface area (Å²) in [4.78, 5) is 13.1. The lowest BCUT2D eigenvalue weighted by molar-refractivity contribution is -0.250. The Balaban J connectivity index is 4.29. The predicted molar refractivity (Wildman–Crippen MR) is 37.2 cm³/mol. The van der Waals surface area contributed by atoms with Crippen LogP contribution in [0, 0.1) is 0 Å². The summed E-state index contributed by atoms with van der Waals surface area (Å²) in [5.41, 5.74) is 0. The number of carbonyl (C=O) groups excluding carboxylic acids is 1. The maximum absolute atomic E-state index is 11.7. The van der Waals surface area contributed by atoms with Crippen LogP contribution in [0.3, 0.4) is 0 Å². The SMILES string of the molecule is O=C[C@H](O)[C@@H](O)[C@@H](OF)[C@H](O)CO. The van der Waals surface area contributed by atoms with E-state index >= 15 is 0 Å². The van der Waals surface area contributed by atoms with E-state index in [-0.39, 0.29) is 6.29 Å². The van der Waals surface area contributed by atoms with Crippen molar-refractivity contribution in [2.24, 2.45) is 0 Å². The van der Waals surface area contributed by atoms with Crippen LogP contribution < -0.4 is 0 Å². The molecule has 13 heavy (non-hydrogen) atoms. The van der Waals surface area contributed by atoms with Gasteiger partial charge in [0.25, 0.3) is 0 Å². The zero-order valence-corrected chi connectivity index (χ0v) is 6.58. The lowest BCUT2D eigenvalue weighted by Gasteiger charge is -2.23. The van der Waals surface area contributed by atoms with Gasteiger partial charge in [0.15, 0.2) is 12.4 Å². The smallest absolute Gasteiger partial charge is 0.155 e. The van der Waals surface area contributed by atoms with Crippen molar-refractivity contribution in [3.05, 3.63) is 0 Å². The fourth-order valence-electron chi connectivity index (χ4n) is 0.718. The van der Waals surface area contributed by atoms with Gasteiger partial charge >= 0.3 is 0 Å². The monoisotopic (exact) mass is 198 g/mol. The van der Waals surface area contributed by atoms with E-state index in [0.29, 0.717) is 0 Å². The molecule has 0 aliphatic heterocycles. The molecule has 0 rings (SSSR count). The Morgan fingerprint density at radius 1 is 1.38 bits per heavy atom. The molecule has 6 nitrogen and oxygen atoms in total. The van der Waals surface area contributed by atoms with Crippen LogP contribution in [0.2, 0.25) is 0 Å². The first-order valence-electron chi connectivity index (χ1n) is 3.46. The summed E-state index contributed by atoms with van der Waals surface area (Å²) in [6.07, 6.45) is -7.41. The Kier molecular flexibility index (Phi) is 5.67. The van der Waals surface area contributed by atoms with Gasteiger partial charge in [-0.2, -0.15) is 4.94 Å². The Morgan fingerprint density at radius 2 is 1.92 bits per heavy atom. The van der Waals surface area contributed by atoms with Crippen molar-refractivity contribution in [3.8, 4) is 0 Å². The summed E-state index contributed by atoms with van der Waals surface area (Å²) in [5.74, 6) is 0. The topological polar surface area (TPSA) is 107 Å². The molecule has 0 saturated carbocycles. The number of aliphatic hydroxyl groups is 4. The van der Waals surface area contributed by atoms with Crippen molar-refractivity contribution in [2.75, 3.05) is 6.61 Å². The number of aldehydes is 1. The molecule has 0 saturated heterocycles.